The minimum atomic E-state index is -4.00. The van der Waals surface area contributed by atoms with Crippen molar-refractivity contribution in [3.63, 3.8) is 0 Å². The van der Waals surface area contributed by atoms with Crippen LogP contribution in [0.4, 0.5) is 4.39 Å². The molecule has 8 heteroatoms. The molecule has 0 amide bonds. The smallest absolute Gasteiger partial charge is 0.310 e. The van der Waals surface area contributed by atoms with Gasteiger partial charge in [-0.3, -0.25) is 4.79 Å². The van der Waals surface area contributed by atoms with Gasteiger partial charge in [0.15, 0.2) is 0 Å². The van der Waals surface area contributed by atoms with E-state index >= 15 is 0 Å². The van der Waals surface area contributed by atoms with Gasteiger partial charge in [-0.2, -0.15) is 4.31 Å². The van der Waals surface area contributed by atoms with Gasteiger partial charge in [0.05, 0.1) is 10.4 Å². The lowest BCUT2D eigenvalue weighted by atomic mass is 9.90. The monoisotopic (exact) mass is 321 g/mol. The summed E-state index contributed by atoms with van der Waals surface area (Å²) in [6.07, 6.45) is 0.203. The highest BCUT2D eigenvalue weighted by Crippen LogP contribution is 2.35. The second-order valence-corrected chi connectivity index (χ2v) is 7.34. The standard InChI is InChI=1S/C12H13ClFNO4S/c1-12(11(16)17)4-5-15(7-12)20(18,19)10-6-8(14)2-3-9(10)13/h2-3,6H,4-5,7H2,1H3,(H,16,17). The number of hydrogen-bond donors (Lipinski definition) is 1. The van der Waals surface area contributed by atoms with Crippen LogP contribution in [0.2, 0.25) is 5.02 Å². The zero-order valence-corrected chi connectivity index (χ0v) is 12.2. The maximum Gasteiger partial charge on any atom is 0.310 e. The molecule has 0 spiro atoms. The molecule has 2 rings (SSSR count). The number of carbonyl (C=O) groups is 1. The fraction of sp³-hybridized carbons (Fsp3) is 0.417. The number of nitrogens with zero attached hydrogens (tertiary/aromatic N) is 1. The second kappa shape index (κ2) is 4.98. The van der Waals surface area contributed by atoms with Gasteiger partial charge in [-0.15, -0.1) is 0 Å². The highest BCUT2D eigenvalue weighted by molar-refractivity contribution is 7.89. The van der Waals surface area contributed by atoms with Crippen molar-refractivity contribution in [1.82, 2.24) is 4.31 Å². The summed E-state index contributed by atoms with van der Waals surface area (Å²) in [4.78, 5) is 10.8. The predicted molar refractivity (Wildman–Crippen MR) is 70.5 cm³/mol. The van der Waals surface area contributed by atoms with Gasteiger partial charge in [0.25, 0.3) is 0 Å². The Hall–Kier alpha value is -1.18. The van der Waals surface area contributed by atoms with Gasteiger partial charge in [0, 0.05) is 13.1 Å². The van der Waals surface area contributed by atoms with Crippen LogP contribution in [0.1, 0.15) is 13.3 Å². The molecule has 1 unspecified atom stereocenters. The van der Waals surface area contributed by atoms with Gasteiger partial charge in [0.1, 0.15) is 10.7 Å². The summed E-state index contributed by atoms with van der Waals surface area (Å²) in [5, 5.41) is 9.03. The highest BCUT2D eigenvalue weighted by Gasteiger charge is 2.45. The third kappa shape index (κ3) is 2.53. The van der Waals surface area contributed by atoms with E-state index in [1.807, 2.05) is 0 Å². The molecule has 110 valence electrons. The van der Waals surface area contributed by atoms with E-state index < -0.39 is 27.2 Å². The SMILES string of the molecule is CC1(C(=O)O)CCN(S(=O)(=O)c2cc(F)ccc2Cl)C1. The molecule has 1 atom stereocenters. The zero-order valence-electron chi connectivity index (χ0n) is 10.6. The summed E-state index contributed by atoms with van der Waals surface area (Å²) in [5.41, 5.74) is -1.13. The zero-order chi connectivity index (χ0) is 15.1. The molecule has 1 heterocycles. The summed E-state index contributed by atoms with van der Waals surface area (Å²) in [7, 11) is -4.00. The van der Waals surface area contributed by atoms with Crippen molar-refractivity contribution >= 4 is 27.6 Å². The van der Waals surface area contributed by atoms with E-state index in [0.717, 1.165) is 22.5 Å². The van der Waals surface area contributed by atoms with E-state index in [0.29, 0.717) is 0 Å². The normalized spacial score (nSPS) is 23.9. The number of carboxylic acid groups (broad SMARTS) is 1. The predicted octanol–water partition coefficient (Wildman–Crippen LogP) is 1.96. The summed E-state index contributed by atoms with van der Waals surface area (Å²) in [6, 6.07) is 3.07. The molecule has 1 saturated heterocycles. The van der Waals surface area contributed by atoms with Crippen LogP contribution in [0.25, 0.3) is 0 Å². The molecule has 0 bridgehead atoms. The van der Waals surface area contributed by atoms with E-state index in [2.05, 4.69) is 0 Å². The first-order valence-electron chi connectivity index (χ1n) is 5.85. The van der Waals surface area contributed by atoms with Crippen molar-refractivity contribution in [3.8, 4) is 0 Å². The molecule has 1 N–H and O–H groups in total. The molecule has 1 aliphatic rings. The third-order valence-electron chi connectivity index (χ3n) is 3.47. The molecule has 5 nitrogen and oxygen atoms in total. The Balaban J connectivity index is 2.38. The van der Waals surface area contributed by atoms with Gasteiger partial charge in [-0.05, 0) is 31.5 Å². The fourth-order valence-electron chi connectivity index (χ4n) is 2.11. The molecule has 20 heavy (non-hydrogen) atoms. The fourth-order valence-corrected chi connectivity index (χ4v) is 4.16. The Kier molecular flexibility index (Phi) is 3.79. The first-order chi connectivity index (χ1) is 9.17. The second-order valence-electron chi connectivity index (χ2n) is 5.03. The summed E-state index contributed by atoms with van der Waals surface area (Å²) >= 11 is 5.80. The first kappa shape index (κ1) is 15.2. The molecule has 0 radical (unpaired) electrons. The lowest BCUT2D eigenvalue weighted by Crippen LogP contribution is -2.35. The molecular weight excluding hydrogens is 309 g/mol. The Morgan fingerprint density at radius 3 is 2.70 bits per heavy atom. The Morgan fingerprint density at radius 2 is 2.15 bits per heavy atom. The van der Waals surface area contributed by atoms with E-state index in [4.69, 9.17) is 16.7 Å². The van der Waals surface area contributed by atoms with Gasteiger partial charge >= 0.3 is 5.97 Å². The van der Waals surface area contributed by atoms with Crippen LogP contribution in [0.3, 0.4) is 0 Å². The summed E-state index contributed by atoms with van der Waals surface area (Å²) in [5.74, 6) is -1.77. The molecular formula is C12H13ClFNO4S. The maximum atomic E-state index is 13.2. The van der Waals surface area contributed by atoms with Crippen molar-refractivity contribution in [2.45, 2.75) is 18.2 Å². The van der Waals surface area contributed by atoms with Gasteiger partial charge in [-0.25, -0.2) is 12.8 Å². The molecule has 0 aliphatic carbocycles. The molecule has 1 fully saturated rings. The van der Waals surface area contributed by atoms with Crippen molar-refractivity contribution in [2.75, 3.05) is 13.1 Å². The van der Waals surface area contributed by atoms with Crippen LogP contribution in [-0.4, -0.2) is 36.9 Å². The van der Waals surface area contributed by atoms with Gasteiger partial charge < -0.3 is 5.11 Å². The summed E-state index contributed by atoms with van der Waals surface area (Å²) in [6.45, 7) is 1.40. The molecule has 1 aromatic rings. The Labute approximate surface area is 121 Å². The highest BCUT2D eigenvalue weighted by atomic mass is 35.5. The summed E-state index contributed by atoms with van der Waals surface area (Å²) < 4.78 is 39.0. The van der Waals surface area contributed by atoms with Crippen LogP contribution in [0, 0.1) is 11.2 Å². The van der Waals surface area contributed by atoms with Crippen LogP contribution >= 0.6 is 11.6 Å². The molecule has 1 aliphatic heterocycles. The Morgan fingerprint density at radius 1 is 1.50 bits per heavy atom. The van der Waals surface area contributed by atoms with E-state index in [1.54, 1.807) is 0 Å². The molecule has 0 aromatic heterocycles. The number of aliphatic carboxylic acids is 1. The maximum absolute atomic E-state index is 13.2. The van der Waals surface area contributed by atoms with Crippen molar-refractivity contribution in [3.05, 3.63) is 29.0 Å². The largest absolute Gasteiger partial charge is 0.481 e. The van der Waals surface area contributed by atoms with Crippen LogP contribution in [0.5, 0.6) is 0 Å². The lowest BCUT2D eigenvalue weighted by Gasteiger charge is -2.20. The van der Waals surface area contributed by atoms with Crippen LogP contribution in [-0.2, 0) is 14.8 Å². The number of hydrogen-bond acceptors (Lipinski definition) is 3. The van der Waals surface area contributed by atoms with E-state index in [1.165, 1.54) is 6.92 Å². The minimum absolute atomic E-state index is 0.0674. The lowest BCUT2D eigenvalue weighted by molar-refractivity contribution is -0.146. The van der Waals surface area contributed by atoms with E-state index in [-0.39, 0.29) is 29.4 Å². The number of carboxylic acids is 1. The van der Waals surface area contributed by atoms with Crippen molar-refractivity contribution in [2.24, 2.45) is 5.41 Å². The number of rotatable bonds is 3. The van der Waals surface area contributed by atoms with Crippen molar-refractivity contribution in [1.29, 1.82) is 0 Å². The van der Waals surface area contributed by atoms with Gasteiger partial charge in [0.2, 0.25) is 10.0 Å². The first-order valence-corrected chi connectivity index (χ1v) is 7.67. The number of benzene rings is 1. The Bertz CT molecular complexity index is 663. The quantitative estimate of drug-likeness (QED) is 0.923. The van der Waals surface area contributed by atoms with Crippen LogP contribution in [0.15, 0.2) is 23.1 Å². The topological polar surface area (TPSA) is 74.7 Å². The number of sulfonamides is 1. The molecule has 1 aromatic carbocycles. The average Bonchev–Trinajstić information content (AvgIpc) is 2.77. The number of halogens is 2. The van der Waals surface area contributed by atoms with E-state index in [9.17, 15) is 17.6 Å². The van der Waals surface area contributed by atoms with Crippen LogP contribution < -0.4 is 0 Å². The minimum Gasteiger partial charge on any atom is -0.481 e. The van der Waals surface area contributed by atoms with Gasteiger partial charge in [-0.1, -0.05) is 11.6 Å². The third-order valence-corrected chi connectivity index (χ3v) is 5.79. The van der Waals surface area contributed by atoms with Crippen molar-refractivity contribution < 1.29 is 22.7 Å². The molecule has 0 saturated carbocycles. The average molecular weight is 322 g/mol.